The Bertz CT molecular complexity index is 854. The molecule has 8 heteroatoms. The number of nitrogens with one attached hydrogen (secondary N) is 1. The van der Waals surface area contributed by atoms with Crippen LogP contribution in [0.1, 0.15) is 16.7 Å². The first-order valence-electron chi connectivity index (χ1n) is 6.60. The van der Waals surface area contributed by atoms with Gasteiger partial charge in [0.25, 0.3) is 5.69 Å². The van der Waals surface area contributed by atoms with Gasteiger partial charge in [0.2, 0.25) is 5.91 Å². The number of nitro groups is 1. The van der Waals surface area contributed by atoms with E-state index in [1.165, 1.54) is 18.5 Å². The second kappa shape index (κ2) is 4.23. The standard InChI is InChI=1S/C14H9ClN4O3/c15-11-10-12(17-6-16-11)18-13(20)14(10)4-7-1-2-9(19(21)22)3-8(7)5-14/h1-3,6H,4-5H2,(H,16,17,18,20)/t14-/m1/s1. The highest BCUT2D eigenvalue weighted by Crippen LogP contribution is 2.49. The molecule has 4 rings (SSSR count). The van der Waals surface area contributed by atoms with E-state index in [2.05, 4.69) is 15.3 Å². The number of hydrogen-bond acceptors (Lipinski definition) is 5. The van der Waals surface area contributed by atoms with Gasteiger partial charge in [0.05, 0.1) is 10.3 Å². The molecule has 0 saturated heterocycles. The molecule has 1 aliphatic heterocycles. The summed E-state index contributed by atoms with van der Waals surface area (Å²) in [5, 5.41) is 13.9. The first kappa shape index (κ1) is 13.1. The summed E-state index contributed by atoms with van der Waals surface area (Å²) in [5.41, 5.74) is 1.43. The quantitative estimate of drug-likeness (QED) is 0.493. The Balaban J connectivity index is 1.86. The van der Waals surface area contributed by atoms with Crippen LogP contribution in [0.4, 0.5) is 11.5 Å². The summed E-state index contributed by atoms with van der Waals surface area (Å²) in [6.45, 7) is 0. The number of anilines is 1. The van der Waals surface area contributed by atoms with E-state index in [1.807, 2.05) is 0 Å². The van der Waals surface area contributed by atoms with Gasteiger partial charge in [-0.05, 0) is 24.0 Å². The van der Waals surface area contributed by atoms with E-state index in [9.17, 15) is 14.9 Å². The second-order valence-electron chi connectivity index (χ2n) is 5.49. The molecule has 0 bridgehead atoms. The molecule has 0 radical (unpaired) electrons. The number of nitrogens with zero attached hydrogens (tertiary/aromatic N) is 3. The third kappa shape index (κ3) is 1.59. The minimum absolute atomic E-state index is 0.0184. The molecule has 2 aromatic rings. The van der Waals surface area contributed by atoms with Crippen LogP contribution < -0.4 is 5.32 Å². The maximum absolute atomic E-state index is 12.5. The first-order valence-corrected chi connectivity index (χ1v) is 6.98. The van der Waals surface area contributed by atoms with E-state index in [4.69, 9.17) is 11.6 Å². The highest BCUT2D eigenvalue weighted by atomic mass is 35.5. The smallest absolute Gasteiger partial charge is 0.269 e. The Hall–Kier alpha value is -2.54. The number of fused-ring (bicyclic) bond motifs is 3. The average molecular weight is 317 g/mol. The number of nitro benzene ring substituents is 1. The lowest BCUT2D eigenvalue weighted by Gasteiger charge is -2.20. The summed E-state index contributed by atoms with van der Waals surface area (Å²) in [4.78, 5) is 31.0. The number of hydrogen-bond donors (Lipinski definition) is 1. The molecule has 2 heterocycles. The number of carbonyl (C=O) groups is 1. The molecule has 0 fully saturated rings. The minimum Gasteiger partial charge on any atom is -0.309 e. The number of aromatic nitrogens is 2. The average Bonchev–Trinajstić information content (AvgIpc) is 2.98. The third-order valence-corrected chi connectivity index (χ3v) is 4.62. The van der Waals surface area contributed by atoms with E-state index < -0.39 is 10.3 Å². The molecule has 1 atom stereocenters. The van der Waals surface area contributed by atoms with Crippen LogP contribution in [-0.4, -0.2) is 20.8 Å². The van der Waals surface area contributed by atoms with Crippen molar-refractivity contribution in [3.63, 3.8) is 0 Å². The molecule has 2 aliphatic rings. The van der Waals surface area contributed by atoms with Crippen LogP contribution in [-0.2, 0) is 23.1 Å². The van der Waals surface area contributed by atoms with Gasteiger partial charge in [0.1, 0.15) is 17.3 Å². The molecule has 0 unspecified atom stereocenters. The molecular formula is C14H9ClN4O3. The maximum atomic E-state index is 12.5. The fourth-order valence-corrected chi connectivity index (χ4v) is 3.65. The number of rotatable bonds is 1. The Morgan fingerprint density at radius 3 is 2.82 bits per heavy atom. The van der Waals surface area contributed by atoms with Crippen molar-refractivity contribution in [3.05, 3.63) is 56.5 Å². The summed E-state index contributed by atoms with van der Waals surface area (Å²) < 4.78 is 0. The summed E-state index contributed by atoms with van der Waals surface area (Å²) in [6, 6.07) is 4.67. The highest BCUT2D eigenvalue weighted by molar-refractivity contribution is 6.31. The Kier molecular flexibility index (Phi) is 2.53. The van der Waals surface area contributed by atoms with Crippen molar-refractivity contribution >= 4 is 29.0 Å². The molecule has 1 N–H and O–H groups in total. The van der Waals surface area contributed by atoms with Crippen LogP contribution in [0.15, 0.2) is 24.5 Å². The first-order chi connectivity index (χ1) is 10.5. The summed E-state index contributed by atoms with van der Waals surface area (Å²) in [6.07, 6.45) is 2.09. The zero-order chi connectivity index (χ0) is 15.5. The van der Waals surface area contributed by atoms with Crippen molar-refractivity contribution in [2.24, 2.45) is 0 Å². The minimum atomic E-state index is -0.870. The Labute approximate surface area is 129 Å². The lowest BCUT2D eigenvalue weighted by atomic mass is 9.80. The van der Waals surface area contributed by atoms with Gasteiger partial charge in [-0.25, -0.2) is 9.97 Å². The number of halogens is 1. The fraction of sp³-hybridized carbons (Fsp3) is 0.214. The van der Waals surface area contributed by atoms with Crippen LogP contribution >= 0.6 is 11.6 Å². The normalized spacial score (nSPS) is 21.6. The van der Waals surface area contributed by atoms with Crippen molar-refractivity contribution in [1.82, 2.24) is 9.97 Å². The number of non-ortho nitro benzene ring substituents is 1. The van der Waals surface area contributed by atoms with Gasteiger partial charge in [-0.2, -0.15) is 0 Å². The van der Waals surface area contributed by atoms with Crippen LogP contribution in [0, 0.1) is 10.1 Å². The van der Waals surface area contributed by atoms with Gasteiger partial charge in [0, 0.05) is 17.7 Å². The molecule has 1 spiro atoms. The molecule has 1 aliphatic carbocycles. The predicted octanol–water partition coefficient (Wildman–Crippen LogP) is 2.03. The molecule has 1 amide bonds. The Morgan fingerprint density at radius 2 is 2.05 bits per heavy atom. The van der Waals surface area contributed by atoms with E-state index >= 15 is 0 Å². The lowest BCUT2D eigenvalue weighted by Crippen LogP contribution is -2.35. The van der Waals surface area contributed by atoms with Crippen LogP contribution in [0.25, 0.3) is 0 Å². The summed E-state index contributed by atoms with van der Waals surface area (Å²) in [7, 11) is 0. The van der Waals surface area contributed by atoms with Gasteiger partial charge < -0.3 is 5.32 Å². The monoisotopic (exact) mass is 316 g/mol. The molecule has 1 aromatic carbocycles. The zero-order valence-corrected chi connectivity index (χ0v) is 11.9. The zero-order valence-electron chi connectivity index (χ0n) is 11.2. The largest absolute Gasteiger partial charge is 0.309 e. The maximum Gasteiger partial charge on any atom is 0.269 e. The Morgan fingerprint density at radius 1 is 1.27 bits per heavy atom. The summed E-state index contributed by atoms with van der Waals surface area (Å²) in [5.74, 6) is 0.232. The van der Waals surface area contributed by atoms with Gasteiger partial charge >= 0.3 is 0 Å². The lowest BCUT2D eigenvalue weighted by molar-refractivity contribution is -0.384. The van der Waals surface area contributed by atoms with Gasteiger partial charge in [-0.15, -0.1) is 0 Å². The van der Waals surface area contributed by atoms with Crippen LogP contribution in [0.2, 0.25) is 5.15 Å². The van der Waals surface area contributed by atoms with E-state index in [0.29, 0.717) is 24.2 Å². The molecule has 0 saturated carbocycles. The topological polar surface area (TPSA) is 98.0 Å². The molecule has 7 nitrogen and oxygen atoms in total. The fourth-order valence-electron chi connectivity index (χ4n) is 3.34. The number of amides is 1. The van der Waals surface area contributed by atoms with Crippen molar-refractivity contribution in [3.8, 4) is 0 Å². The SMILES string of the molecule is O=C1Nc2ncnc(Cl)c2[C@]12Cc1ccc([N+](=O)[O-])cc1C2. The van der Waals surface area contributed by atoms with E-state index in [-0.39, 0.29) is 16.7 Å². The third-order valence-electron chi connectivity index (χ3n) is 4.33. The van der Waals surface area contributed by atoms with Crippen LogP contribution in [0.3, 0.4) is 0 Å². The van der Waals surface area contributed by atoms with Gasteiger partial charge in [-0.1, -0.05) is 17.7 Å². The van der Waals surface area contributed by atoms with Crippen LogP contribution in [0.5, 0.6) is 0 Å². The summed E-state index contributed by atoms with van der Waals surface area (Å²) >= 11 is 6.18. The highest BCUT2D eigenvalue weighted by Gasteiger charge is 2.53. The second-order valence-corrected chi connectivity index (χ2v) is 5.85. The molecular weight excluding hydrogens is 308 g/mol. The van der Waals surface area contributed by atoms with E-state index in [1.54, 1.807) is 6.07 Å². The van der Waals surface area contributed by atoms with Gasteiger partial charge in [0.15, 0.2) is 0 Å². The predicted molar refractivity (Wildman–Crippen MR) is 77.9 cm³/mol. The van der Waals surface area contributed by atoms with E-state index in [0.717, 1.165) is 11.1 Å². The molecule has 22 heavy (non-hydrogen) atoms. The van der Waals surface area contributed by atoms with Crippen molar-refractivity contribution in [1.29, 1.82) is 0 Å². The van der Waals surface area contributed by atoms with Gasteiger partial charge in [-0.3, -0.25) is 14.9 Å². The van der Waals surface area contributed by atoms with Crippen molar-refractivity contribution < 1.29 is 9.72 Å². The number of carbonyl (C=O) groups excluding carboxylic acids is 1. The van der Waals surface area contributed by atoms with Crippen molar-refractivity contribution in [2.75, 3.05) is 5.32 Å². The number of benzene rings is 1. The molecule has 1 aromatic heterocycles. The van der Waals surface area contributed by atoms with Crippen molar-refractivity contribution in [2.45, 2.75) is 18.3 Å². The molecule has 110 valence electrons.